The zero-order valence-electron chi connectivity index (χ0n) is 16.8. The van der Waals surface area contributed by atoms with Crippen molar-refractivity contribution in [2.45, 2.75) is 18.6 Å². The molecule has 164 valence electrons. The van der Waals surface area contributed by atoms with Crippen LogP contribution in [0, 0.1) is 17.1 Å². The van der Waals surface area contributed by atoms with Crippen molar-refractivity contribution in [3.8, 4) is 6.07 Å². The zero-order valence-corrected chi connectivity index (χ0v) is 16.8. The summed E-state index contributed by atoms with van der Waals surface area (Å²) in [5.41, 5.74) is -0.552. The molecule has 1 aliphatic rings. The summed E-state index contributed by atoms with van der Waals surface area (Å²) in [5.74, 6) is -0.632. The largest absolute Gasteiger partial charge is 0.417 e. The van der Waals surface area contributed by atoms with Crippen LogP contribution in [-0.2, 0) is 22.1 Å². The Hall–Kier alpha value is -3.12. The van der Waals surface area contributed by atoms with E-state index in [1.807, 2.05) is 0 Å². The number of nitriles is 1. The number of ether oxygens (including phenoxy) is 1. The molecular weight excluding hydrogens is 414 g/mol. The molecule has 0 aliphatic carbocycles. The predicted octanol–water partition coefficient (Wildman–Crippen LogP) is 3.62. The van der Waals surface area contributed by atoms with Gasteiger partial charge in [-0.1, -0.05) is 12.1 Å². The Balaban J connectivity index is 1.78. The van der Waals surface area contributed by atoms with E-state index in [0.717, 1.165) is 12.1 Å². The number of piperazine rings is 1. The number of alkyl halides is 3. The molecule has 1 fully saturated rings. The fraction of sp³-hybridized carbons (Fsp3) is 0.364. The number of hydrogen-bond donors (Lipinski definition) is 0. The van der Waals surface area contributed by atoms with Crippen LogP contribution in [0.3, 0.4) is 0 Å². The molecule has 1 saturated heterocycles. The van der Waals surface area contributed by atoms with Gasteiger partial charge in [-0.3, -0.25) is 4.79 Å². The van der Waals surface area contributed by atoms with Gasteiger partial charge in [0.1, 0.15) is 5.82 Å². The summed E-state index contributed by atoms with van der Waals surface area (Å²) in [4.78, 5) is 16.2. The molecule has 1 atom stereocenters. The Morgan fingerprint density at radius 3 is 2.65 bits per heavy atom. The first-order valence-corrected chi connectivity index (χ1v) is 9.62. The molecule has 1 aliphatic heterocycles. The topological polar surface area (TPSA) is 56.6 Å². The average Bonchev–Trinajstić information content (AvgIpc) is 2.73. The number of halogens is 4. The lowest BCUT2D eigenvalue weighted by Crippen LogP contribution is -2.57. The number of carbonyl (C=O) groups excluding carboxylic acids is 1. The monoisotopic (exact) mass is 435 g/mol. The van der Waals surface area contributed by atoms with Crippen LogP contribution in [0.25, 0.3) is 0 Å². The molecule has 31 heavy (non-hydrogen) atoms. The Bertz CT molecular complexity index is 987. The molecule has 0 N–H and O–H groups in total. The molecule has 1 heterocycles. The molecule has 0 radical (unpaired) electrons. The van der Waals surface area contributed by atoms with Crippen molar-refractivity contribution in [1.29, 1.82) is 5.26 Å². The van der Waals surface area contributed by atoms with Gasteiger partial charge in [-0.15, -0.1) is 0 Å². The number of methoxy groups -OCH3 is 1. The maximum absolute atomic E-state index is 13.4. The number of benzene rings is 2. The predicted molar refractivity (Wildman–Crippen MR) is 106 cm³/mol. The van der Waals surface area contributed by atoms with E-state index in [4.69, 9.17) is 10.00 Å². The van der Waals surface area contributed by atoms with Gasteiger partial charge in [0, 0.05) is 32.4 Å². The third kappa shape index (κ3) is 5.33. The van der Waals surface area contributed by atoms with Crippen molar-refractivity contribution in [2.75, 3.05) is 38.3 Å². The van der Waals surface area contributed by atoms with E-state index in [2.05, 4.69) is 0 Å². The van der Waals surface area contributed by atoms with Crippen LogP contribution in [0.4, 0.5) is 23.2 Å². The molecule has 0 spiro atoms. The van der Waals surface area contributed by atoms with Crippen molar-refractivity contribution in [1.82, 2.24) is 4.90 Å². The Morgan fingerprint density at radius 1 is 1.23 bits per heavy atom. The first kappa shape index (κ1) is 22.6. The molecule has 0 bridgehead atoms. The van der Waals surface area contributed by atoms with Crippen LogP contribution in [0.1, 0.15) is 16.7 Å². The summed E-state index contributed by atoms with van der Waals surface area (Å²) < 4.78 is 58.6. The molecule has 2 aromatic carbocycles. The van der Waals surface area contributed by atoms with Crippen LogP contribution in [-0.4, -0.2) is 50.2 Å². The smallest absolute Gasteiger partial charge is 0.382 e. The highest BCUT2D eigenvalue weighted by molar-refractivity contribution is 5.79. The second-order valence-electron chi connectivity index (χ2n) is 7.29. The molecule has 0 saturated carbocycles. The standard InChI is InChI=1S/C22H21F4N3O2/c1-31-14-19-13-28(18-6-5-16(12-27)20(11-18)22(24,25)26)7-8-29(19)21(30)10-15-3-2-4-17(23)9-15/h2-6,9,11,19H,7-8,10,13-14H2,1H3. The summed E-state index contributed by atoms with van der Waals surface area (Å²) in [6.07, 6.45) is -4.62. The van der Waals surface area contributed by atoms with Crippen molar-refractivity contribution in [2.24, 2.45) is 0 Å². The first-order chi connectivity index (χ1) is 14.7. The highest BCUT2D eigenvalue weighted by atomic mass is 19.4. The Labute approximate surface area is 177 Å². The Kier molecular flexibility index (Phi) is 6.81. The molecule has 9 heteroatoms. The van der Waals surface area contributed by atoms with Crippen LogP contribution < -0.4 is 4.90 Å². The summed E-state index contributed by atoms with van der Waals surface area (Å²) >= 11 is 0. The fourth-order valence-electron chi connectivity index (χ4n) is 3.74. The van der Waals surface area contributed by atoms with Crippen LogP contribution >= 0.6 is 0 Å². The normalized spacial score (nSPS) is 16.8. The van der Waals surface area contributed by atoms with E-state index < -0.39 is 23.1 Å². The third-order valence-electron chi connectivity index (χ3n) is 5.20. The molecule has 1 amide bonds. The van der Waals surface area contributed by atoms with Crippen molar-refractivity contribution >= 4 is 11.6 Å². The van der Waals surface area contributed by atoms with Gasteiger partial charge in [-0.25, -0.2) is 4.39 Å². The first-order valence-electron chi connectivity index (χ1n) is 9.62. The van der Waals surface area contributed by atoms with Gasteiger partial charge in [0.05, 0.1) is 36.3 Å². The second-order valence-corrected chi connectivity index (χ2v) is 7.29. The lowest BCUT2D eigenvalue weighted by molar-refractivity contribution is -0.137. The summed E-state index contributed by atoms with van der Waals surface area (Å²) in [6, 6.07) is 10.6. The number of nitrogens with zero attached hydrogens (tertiary/aromatic N) is 3. The number of carbonyl (C=O) groups is 1. The van der Waals surface area contributed by atoms with Crippen molar-refractivity contribution < 1.29 is 27.1 Å². The van der Waals surface area contributed by atoms with Gasteiger partial charge in [-0.2, -0.15) is 18.4 Å². The van der Waals surface area contributed by atoms with E-state index in [9.17, 15) is 22.4 Å². The third-order valence-corrected chi connectivity index (χ3v) is 5.20. The van der Waals surface area contributed by atoms with Crippen molar-refractivity contribution in [3.63, 3.8) is 0 Å². The minimum atomic E-state index is -4.64. The van der Waals surface area contributed by atoms with Gasteiger partial charge in [0.2, 0.25) is 5.91 Å². The van der Waals surface area contributed by atoms with E-state index in [1.165, 1.54) is 31.4 Å². The highest BCUT2D eigenvalue weighted by Gasteiger charge is 2.35. The Morgan fingerprint density at radius 2 is 2.00 bits per heavy atom. The zero-order chi connectivity index (χ0) is 22.6. The van der Waals surface area contributed by atoms with Crippen LogP contribution in [0.15, 0.2) is 42.5 Å². The number of hydrogen-bond acceptors (Lipinski definition) is 4. The van der Waals surface area contributed by atoms with E-state index in [0.29, 0.717) is 17.8 Å². The second kappa shape index (κ2) is 9.35. The van der Waals surface area contributed by atoms with E-state index in [1.54, 1.807) is 21.9 Å². The van der Waals surface area contributed by atoms with Gasteiger partial charge < -0.3 is 14.5 Å². The average molecular weight is 435 g/mol. The molecular formula is C22H21F4N3O2. The summed E-state index contributed by atoms with van der Waals surface area (Å²) in [7, 11) is 1.48. The molecule has 1 unspecified atom stereocenters. The lowest BCUT2D eigenvalue weighted by atomic mass is 10.0. The van der Waals surface area contributed by atoms with Crippen LogP contribution in [0.2, 0.25) is 0 Å². The van der Waals surface area contributed by atoms with Crippen molar-refractivity contribution in [3.05, 3.63) is 65.0 Å². The number of anilines is 1. The maximum Gasteiger partial charge on any atom is 0.417 e. The van der Waals surface area contributed by atoms with Crippen LogP contribution in [0.5, 0.6) is 0 Å². The fourth-order valence-corrected chi connectivity index (χ4v) is 3.74. The number of rotatable bonds is 5. The molecule has 2 aromatic rings. The molecule has 5 nitrogen and oxygen atoms in total. The molecule has 3 rings (SSSR count). The number of amides is 1. The lowest BCUT2D eigenvalue weighted by Gasteiger charge is -2.42. The summed E-state index contributed by atoms with van der Waals surface area (Å²) in [5, 5.41) is 8.98. The van der Waals surface area contributed by atoms with E-state index in [-0.39, 0.29) is 38.1 Å². The SMILES string of the molecule is COCC1CN(c2ccc(C#N)c(C(F)(F)F)c2)CCN1C(=O)Cc1cccc(F)c1. The minimum Gasteiger partial charge on any atom is -0.382 e. The van der Waals surface area contributed by atoms with E-state index >= 15 is 0 Å². The maximum atomic E-state index is 13.4. The quantitative estimate of drug-likeness (QED) is 0.674. The minimum absolute atomic E-state index is 0.0209. The summed E-state index contributed by atoms with van der Waals surface area (Å²) in [6.45, 7) is 1.07. The molecule has 0 aromatic heterocycles. The van der Waals surface area contributed by atoms with Gasteiger partial charge >= 0.3 is 6.18 Å². The van der Waals surface area contributed by atoms with Gasteiger partial charge in [0.15, 0.2) is 0 Å². The highest BCUT2D eigenvalue weighted by Crippen LogP contribution is 2.35. The van der Waals surface area contributed by atoms with Gasteiger partial charge in [0.25, 0.3) is 0 Å². The van der Waals surface area contributed by atoms with Gasteiger partial charge in [-0.05, 0) is 35.9 Å².